The van der Waals surface area contributed by atoms with E-state index in [1.54, 1.807) is 0 Å². The molecule has 4 nitrogen and oxygen atoms in total. The van der Waals surface area contributed by atoms with Crippen molar-refractivity contribution in [3.8, 4) is 22.6 Å². The van der Waals surface area contributed by atoms with Crippen LogP contribution in [0.4, 0.5) is 11.4 Å². The maximum Gasteiger partial charge on any atom is 0.122 e. The Morgan fingerprint density at radius 3 is 1.50 bits per heavy atom. The monoisotopic (exact) mass is 859 g/mol. The molecule has 0 saturated heterocycles. The first-order chi connectivity index (χ1) is 29.5. The van der Waals surface area contributed by atoms with Gasteiger partial charge in [0.2, 0.25) is 0 Å². The van der Waals surface area contributed by atoms with E-state index >= 15 is 0 Å². The van der Waals surface area contributed by atoms with Gasteiger partial charge in [0.05, 0.1) is 24.6 Å². The van der Waals surface area contributed by atoms with Crippen LogP contribution in [0.3, 0.4) is 0 Å². The first kappa shape index (κ1) is 51.9. The lowest BCUT2D eigenvalue weighted by molar-refractivity contribution is 0.299. The maximum atomic E-state index is 6.40. The van der Waals surface area contributed by atoms with Crippen molar-refractivity contribution < 1.29 is 9.47 Å². The normalized spacial score (nSPS) is 12.1. The molecule has 1 atom stereocenters. The summed E-state index contributed by atoms with van der Waals surface area (Å²) in [5.41, 5.74) is 7.99. The second-order valence-electron chi connectivity index (χ2n) is 17.0. The Labute approximate surface area is 377 Å². The zero-order valence-electron chi connectivity index (χ0n) is 39.3. The molecule has 1 unspecified atom stereocenters. The highest BCUT2D eigenvalue weighted by Crippen LogP contribution is 2.36. The largest absolute Gasteiger partial charge is 0.494 e. The Bertz CT molecular complexity index is 1520. The standard InChI is InChI=1S/C54H86N2O2S2/c1-7-12-14-15-16-17-21-24-27-30-40-59-60-41-31-28-25-22-19-18-20-23-26-29-39-58-53-37-34-50(44-52(53)45(6)9-3)55-56-54-46(10-4)42-49(43-47(54)11-5)48-32-35-51(36-33-48)57-38-13-8-2/h32-37,42-45H,7-31,38-41H2,1-6H3. The molecule has 0 heterocycles. The second-order valence-corrected chi connectivity index (χ2v) is 19.7. The minimum Gasteiger partial charge on any atom is -0.494 e. The van der Waals surface area contributed by atoms with Gasteiger partial charge in [-0.1, -0.05) is 191 Å². The molecule has 0 fully saturated rings. The van der Waals surface area contributed by atoms with Gasteiger partial charge in [-0.15, -0.1) is 5.11 Å². The van der Waals surface area contributed by atoms with Crippen molar-refractivity contribution in [3.05, 3.63) is 71.3 Å². The molecule has 3 rings (SSSR count). The van der Waals surface area contributed by atoms with Crippen molar-refractivity contribution in [2.45, 2.75) is 208 Å². The van der Waals surface area contributed by atoms with Crippen LogP contribution in [0, 0.1) is 0 Å². The molecule has 0 amide bonds. The summed E-state index contributed by atoms with van der Waals surface area (Å²) in [4.78, 5) is 0. The Kier molecular flexibility index (Phi) is 29.5. The molecule has 0 spiro atoms. The van der Waals surface area contributed by atoms with E-state index in [0.29, 0.717) is 5.92 Å². The highest BCUT2D eigenvalue weighted by molar-refractivity contribution is 8.76. The van der Waals surface area contributed by atoms with E-state index in [1.807, 2.05) is 0 Å². The van der Waals surface area contributed by atoms with Crippen molar-refractivity contribution in [2.24, 2.45) is 10.2 Å². The number of ether oxygens (including phenoxy) is 2. The fraction of sp³-hybridized carbons (Fsp3) is 0.667. The average molecular weight is 859 g/mol. The molecule has 6 heteroatoms. The fourth-order valence-corrected chi connectivity index (χ4v) is 10.0. The Balaban J connectivity index is 1.30. The van der Waals surface area contributed by atoms with Gasteiger partial charge in [0.25, 0.3) is 0 Å². The SMILES string of the molecule is CCCCCCCCCCCCSSCCCCCCCCCCCCOc1ccc(N=Nc2c(CC)cc(-c3ccc(OCCCC)cc3)cc2CC)cc1C(C)CC. The van der Waals surface area contributed by atoms with Gasteiger partial charge < -0.3 is 9.47 Å². The third-order valence-electron chi connectivity index (χ3n) is 11.9. The molecule has 0 aliphatic rings. The van der Waals surface area contributed by atoms with E-state index in [1.165, 1.54) is 161 Å². The molecular formula is C54H86N2O2S2. The first-order valence-corrected chi connectivity index (χ1v) is 27.3. The van der Waals surface area contributed by atoms with Crippen LogP contribution in [0.15, 0.2) is 64.8 Å². The van der Waals surface area contributed by atoms with Crippen LogP contribution in [0.5, 0.6) is 11.5 Å². The van der Waals surface area contributed by atoms with Gasteiger partial charge in [-0.3, -0.25) is 0 Å². The zero-order valence-corrected chi connectivity index (χ0v) is 40.9. The minimum absolute atomic E-state index is 0.395. The molecular weight excluding hydrogens is 773 g/mol. The van der Waals surface area contributed by atoms with E-state index < -0.39 is 0 Å². The summed E-state index contributed by atoms with van der Waals surface area (Å²) in [6.07, 6.45) is 32.8. The molecule has 0 aromatic heterocycles. The van der Waals surface area contributed by atoms with Crippen LogP contribution >= 0.6 is 21.6 Å². The summed E-state index contributed by atoms with van der Waals surface area (Å²) in [6, 6.07) is 19.4. The maximum absolute atomic E-state index is 6.40. The van der Waals surface area contributed by atoms with E-state index in [0.717, 1.165) is 74.6 Å². The van der Waals surface area contributed by atoms with Crippen molar-refractivity contribution >= 4 is 33.0 Å². The van der Waals surface area contributed by atoms with Crippen LogP contribution in [-0.2, 0) is 12.8 Å². The number of benzene rings is 3. The number of hydrogen-bond acceptors (Lipinski definition) is 6. The topological polar surface area (TPSA) is 43.2 Å². The predicted molar refractivity (Wildman–Crippen MR) is 269 cm³/mol. The Morgan fingerprint density at radius 2 is 0.983 bits per heavy atom. The lowest BCUT2D eigenvalue weighted by atomic mass is 9.95. The van der Waals surface area contributed by atoms with Crippen LogP contribution in [-0.4, -0.2) is 24.7 Å². The molecule has 3 aromatic rings. The van der Waals surface area contributed by atoms with Crippen molar-refractivity contribution in [3.63, 3.8) is 0 Å². The smallest absolute Gasteiger partial charge is 0.122 e. The summed E-state index contributed by atoms with van der Waals surface area (Å²) >= 11 is 0. The molecule has 0 aliphatic carbocycles. The van der Waals surface area contributed by atoms with Crippen LogP contribution < -0.4 is 9.47 Å². The number of azo groups is 1. The van der Waals surface area contributed by atoms with E-state index in [2.05, 4.69) is 118 Å². The van der Waals surface area contributed by atoms with Crippen molar-refractivity contribution in [1.29, 1.82) is 0 Å². The third kappa shape index (κ3) is 21.6. The predicted octanol–water partition coefficient (Wildman–Crippen LogP) is 19.2. The number of nitrogens with zero attached hydrogens (tertiary/aromatic N) is 2. The molecule has 3 aromatic carbocycles. The van der Waals surface area contributed by atoms with Gasteiger partial charge in [0.1, 0.15) is 11.5 Å². The molecule has 0 aliphatic heterocycles. The Morgan fingerprint density at radius 1 is 0.483 bits per heavy atom. The van der Waals surface area contributed by atoms with Crippen LogP contribution in [0.25, 0.3) is 11.1 Å². The molecule has 0 saturated carbocycles. The first-order valence-electron chi connectivity index (χ1n) is 24.9. The van der Waals surface area contributed by atoms with E-state index in [-0.39, 0.29) is 0 Å². The zero-order chi connectivity index (χ0) is 42.9. The molecule has 336 valence electrons. The summed E-state index contributed by atoms with van der Waals surface area (Å²) in [6.45, 7) is 15.0. The molecule has 60 heavy (non-hydrogen) atoms. The number of rotatable bonds is 37. The van der Waals surface area contributed by atoms with Crippen molar-refractivity contribution in [2.75, 3.05) is 24.7 Å². The van der Waals surface area contributed by atoms with Gasteiger partial charge in [-0.25, -0.2) is 0 Å². The highest BCUT2D eigenvalue weighted by Gasteiger charge is 2.14. The summed E-state index contributed by atoms with van der Waals surface area (Å²) < 4.78 is 12.3. The highest BCUT2D eigenvalue weighted by atomic mass is 33.1. The van der Waals surface area contributed by atoms with Gasteiger partial charge in [0, 0.05) is 11.5 Å². The molecule has 0 radical (unpaired) electrons. The Hall–Kier alpha value is -2.44. The number of hydrogen-bond donors (Lipinski definition) is 0. The van der Waals surface area contributed by atoms with Gasteiger partial charge >= 0.3 is 0 Å². The number of unbranched alkanes of at least 4 members (excludes halogenated alkanes) is 19. The summed E-state index contributed by atoms with van der Waals surface area (Å²) in [5.74, 6) is 5.01. The van der Waals surface area contributed by atoms with Crippen molar-refractivity contribution in [1.82, 2.24) is 0 Å². The van der Waals surface area contributed by atoms with E-state index in [9.17, 15) is 0 Å². The van der Waals surface area contributed by atoms with Crippen LogP contribution in [0.1, 0.15) is 212 Å². The average Bonchev–Trinajstić information content (AvgIpc) is 3.28. The van der Waals surface area contributed by atoms with Gasteiger partial charge in [0.15, 0.2) is 0 Å². The summed E-state index contributed by atoms with van der Waals surface area (Å²) in [5, 5.41) is 9.70. The molecule has 0 N–H and O–H groups in total. The molecule has 0 bridgehead atoms. The third-order valence-corrected chi connectivity index (χ3v) is 14.5. The summed E-state index contributed by atoms with van der Waals surface area (Å²) in [7, 11) is 4.23. The van der Waals surface area contributed by atoms with Gasteiger partial charge in [-0.05, 0) is 121 Å². The van der Waals surface area contributed by atoms with E-state index in [4.69, 9.17) is 19.7 Å². The minimum atomic E-state index is 0.395. The fourth-order valence-electron chi connectivity index (χ4n) is 7.74. The second kappa shape index (κ2) is 34.1. The van der Waals surface area contributed by atoms with Gasteiger partial charge in [-0.2, -0.15) is 5.11 Å². The quantitative estimate of drug-likeness (QED) is 0.0329. The lowest BCUT2D eigenvalue weighted by Gasteiger charge is -2.16. The van der Waals surface area contributed by atoms with Crippen LogP contribution in [0.2, 0.25) is 0 Å². The lowest BCUT2D eigenvalue weighted by Crippen LogP contribution is -2.02. The number of aryl methyl sites for hydroxylation is 2.